The lowest BCUT2D eigenvalue weighted by Gasteiger charge is -2.23. The van der Waals surface area contributed by atoms with Crippen LogP contribution in [-0.4, -0.2) is 28.3 Å². The molecule has 0 saturated heterocycles. The molecule has 0 aliphatic heterocycles. The maximum absolute atomic E-state index is 12.0. The molecule has 5 heteroatoms. The number of aliphatic hydroxyl groups excluding tert-OH is 1. The average Bonchev–Trinajstić information content (AvgIpc) is 2.91. The zero-order valence-corrected chi connectivity index (χ0v) is 13.6. The molecule has 2 aromatic rings. The zero-order chi connectivity index (χ0) is 16.2. The lowest BCUT2D eigenvalue weighted by atomic mass is 9.96. The Morgan fingerprint density at radius 1 is 1.30 bits per heavy atom. The van der Waals surface area contributed by atoms with E-state index in [1.54, 1.807) is 0 Å². The van der Waals surface area contributed by atoms with Gasteiger partial charge in [-0.2, -0.15) is 0 Å². The minimum Gasteiger partial charge on any atom is -0.386 e. The molecule has 1 aromatic heterocycles. The van der Waals surface area contributed by atoms with E-state index < -0.39 is 6.10 Å². The van der Waals surface area contributed by atoms with Crippen LogP contribution in [0.2, 0.25) is 0 Å². The number of benzene rings is 1. The van der Waals surface area contributed by atoms with Crippen LogP contribution in [0, 0.1) is 0 Å². The summed E-state index contributed by atoms with van der Waals surface area (Å²) in [5.41, 5.74) is 1.93. The Morgan fingerprint density at radius 2 is 2.04 bits per heavy atom. The van der Waals surface area contributed by atoms with Gasteiger partial charge in [0.15, 0.2) is 0 Å². The molecule has 1 aliphatic rings. The van der Waals surface area contributed by atoms with Crippen LogP contribution >= 0.6 is 0 Å². The van der Waals surface area contributed by atoms with Crippen LogP contribution in [0.3, 0.4) is 0 Å². The summed E-state index contributed by atoms with van der Waals surface area (Å²) >= 11 is 0. The second-order valence-electron chi connectivity index (χ2n) is 6.42. The fraction of sp³-hybridized carbons (Fsp3) is 0.500. The number of rotatable bonds is 4. The lowest BCUT2D eigenvalue weighted by molar-refractivity contribution is 0.173. The first-order valence-corrected chi connectivity index (χ1v) is 8.41. The van der Waals surface area contributed by atoms with Crippen LogP contribution in [0.25, 0.3) is 10.9 Å². The van der Waals surface area contributed by atoms with Crippen molar-refractivity contribution in [2.24, 2.45) is 7.05 Å². The molecule has 5 nitrogen and oxygen atoms in total. The predicted octanol–water partition coefficient (Wildman–Crippen LogP) is 2.84. The Bertz CT molecular complexity index is 674. The van der Waals surface area contributed by atoms with Gasteiger partial charge in [0.1, 0.15) is 0 Å². The van der Waals surface area contributed by atoms with Gasteiger partial charge in [0, 0.05) is 42.3 Å². The third kappa shape index (κ3) is 3.67. The van der Waals surface area contributed by atoms with Crippen LogP contribution in [0.1, 0.15) is 43.8 Å². The fourth-order valence-electron chi connectivity index (χ4n) is 3.42. The number of carbonyl (C=O) groups is 1. The molecule has 0 bridgehead atoms. The highest BCUT2D eigenvalue weighted by Gasteiger charge is 2.18. The number of para-hydroxylation sites is 1. The normalized spacial score (nSPS) is 17.1. The molecule has 0 radical (unpaired) electrons. The van der Waals surface area contributed by atoms with Crippen molar-refractivity contribution in [1.29, 1.82) is 0 Å². The highest BCUT2D eigenvalue weighted by Crippen LogP contribution is 2.25. The van der Waals surface area contributed by atoms with E-state index in [0.29, 0.717) is 0 Å². The zero-order valence-electron chi connectivity index (χ0n) is 13.6. The molecule has 3 N–H and O–H groups in total. The number of aryl methyl sites for hydroxylation is 1. The molecule has 1 saturated carbocycles. The van der Waals surface area contributed by atoms with Gasteiger partial charge in [0.25, 0.3) is 0 Å². The maximum atomic E-state index is 12.0. The molecule has 1 fully saturated rings. The van der Waals surface area contributed by atoms with Gasteiger partial charge in [-0.1, -0.05) is 37.5 Å². The van der Waals surface area contributed by atoms with Crippen LogP contribution in [0.4, 0.5) is 4.79 Å². The van der Waals surface area contributed by atoms with Crippen molar-refractivity contribution < 1.29 is 9.90 Å². The van der Waals surface area contributed by atoms with E-state index in [-0.39, 0.29) is 18.6 Å². The Balaban J connectivity index is 1.58. The molecule has 3 rings (SSSR count). The number of amides is 2. The monoisotopic (exact) mass is 315 g/mol. The van der Waals surface area contributed by atoms with Crippen molar-refractivity contribution in [3.05, 3.63) is 36.0 Å². The molecule has 1 heterocycles. The second kappa shape index (κ2) is 7.04. The topological polar surface area (TPSA) is 66.3 Å². The minimum atomic E-state index is -0.710. The number of fused-ring (bicyclic) bond motifs is 1. The summed E-state index contributed by atoms with van der Waals surface area (Å²) in [6.07, 6.45) is 6.96. The van der Waals surface area contributed by atoms with Crippen molar-refractivity contribution in [2.45, 2.75) is 44.2 Å². The fourth-order valence-corrected chi connectivity index (χ4v) is 3.42. The number of hydrogen-bond donors (Lipinski definition) is 3. The number of aromatic nitrogens is 1. The quantitative estimate of drug-likeness (QED) is 0.812. The van der Waals surface area contributed by atoms with Crippen molar-refractivity contribution in [3.8, 4) is 0 Å². The van der Waals surface area contributed by atoms with Crippen LogP contribution in [0.5, 0.6) is 0 Å². The minimum absolute atomic E-state index is 0.184. The first-order chi connectivity index (χ1) is 11.1. The van der Waals surface area contributed by atoms with Crippen LogP contribution < -0.4 is 10.6 Å². The largest absolute Gasteiger partial charge is 0.386 e. The molecule has 1 aromatic carbocycles. The number of nitrogens with one attached hydrogen (secondary N) is 2. The predicted molar refractivity (Wildman–Crippen MR) is 91.3 cm³/mol. The summed E-state index contributed by atoms with van der Waals surface area (Å²) < 4.78 is 2.00. The Kier molecular flexibility index (Phi) is 4.86. The van der Waals surface area contributed by atoms with Gasteiger partial charge in [-0.05, 0) is 18.9 Å². The van der Waals surface area contributed by atoms with Crippen molar-refractivity contribution >= 4 is 16.9 Å². The number of carbonyl (C=O) groups excluding carboxylic acids is 1. The highest BCUT2D eigenvalue weighted by molar-refractivity contribution is 5.84. The second-order valence-corrected chi connectivity index (χ2v) is 6.42. The third-order valence-electron chi connectivity index (χ3n) is 4.68. The number of hydrogen-bond acceptors (Lipinski definition) is 2. The van der Waals surface area contributed by atoms with E-state index in [9.17, 15) is 9.90 Å². The van der Waals surface area contributed by atoms with E-state index in [1.165, 1.54) is 19.3 Å². The van der Waals surface area contributed by atoms with E-state index in [0.717, 1.165) is 29.3 Å². The van der Waals surface area contributed by atoms with Crippen molar-refractivity contribution in [1.82, 2.24) is 15.2 Å². The molecule has 1 atom stereocenters. The van der Waals surface area contributed by atoms with E-state index in [1.807, 2.05) is 42.1 Å². The summed E-state index contributed by atoms with van der Waals surface area (Å²) in [4.78, 5) is 12.0. The molecular weight excluding hydrogens is 290 g/mol. The standard InChI is InChI=1S/C18H25N3O2/c1-21-12-15(14-9-5-6-10-16(14)21)17(22)11-19-18(23)20-13-7-3-2-4-8-13/h5-6,9-10,12-13,17,22H,2-4,7-8,11H2,1H3,(H2,19,20,23). The molecule has 23 heavy (non-hydrogen) atoms. The number of nitrogens with zero attached hydrogens (tertiary/aromatic N) is 1. The van der Waals surface area contributed by atoms with Gasteiger partial charge in [-0.15, -0.1) is 0 Å². The molecule has 124 valence electrons. The number of aliphatic hydroxyl groups is 1. The van der Waals surface area contributed by atoms with Crippen molar-refractivity contribution in [3.63, 3.8) is 0 Å². The maximum Gasteiger partial charge on any atom is 0.315 e. The average molecular weight is 315 g/mol. The summed E-state index contributed by atoms with van der Waals surface area (Å²) in [6.45, 7) is 0.215. The summed E-state index contributed by atoms with van der Waals surface area (Å²) in [5.74, 6) is 0. The van der Waals surface area contributed by atoms with Gasteiger partial charge in [0.2, 0.25) is 0 Å². The Labute approximate surface area is 136 Å². The smallest absolute Gasteiger partial charge is 0.315 e. The Morgan fingerprint density at radius 3 is 2.83 bits per heavy atom. The Hall–Kier alpha value is -2.01. The summed E-state index contributed by atoms with van der Waals surface area (Å²) in [5, 5.41) is 17.3. The first-order valence-electron chi connectivity index (χ1n) is 8.41. The highest BCUT2D eigenvalue weighted by atomic mass is 16.3. The van der Waals surface area contributed by atoms with E-state index >= 15 is 0 Å². The van der Waals surface area contributed by atoms with Gasteiger partial charge in [-0.3, -0.25) is 0 Å². The summed E-state index contributed by atoms with van der Waals surface area (Å²) in [7, 11) is 1.96. The van der Waals surface area contributed by atoms with Crippen LogP contribution in [0.15, 0.2) is 30.5 Å². The van der Waals surface area contributed by atoms with Crippen molar-refractivity contribution in [2.75, 3.05) is 6.54 Å². The van der Waals surface area contributed by atoms with E-state index in [4.69, 9.17) is 0 Å². The molecular formula is C18H25N3O2. The van der Waals surface area contributed by atoms with Gasteiger partial charge < -0.3 is 20.3 Å². The van der Waals surface area contributed by atoms with Crippen LogP contribution in [-0.2, 0) is 7.05 Å². The van der Waals surface area contributed by atoms with E-state index in [2.05, 4.69) is 10.6 Å². The van der Waals surface area contributed by atoms with Gasteiger partial charge >= 0.3 is 6.03 Å². The molecule has 1 aliphatic carbocycles. The first kappa shape index (κ1) is 15.9. The molecule has 0 spiro atoms. The van der Waals surface area contributed by atoms with Gasteiger partial charge in [0.05, 0.1) is 6.10 Å². The third-order valence-corrected chi connectivity index (χ3v) is 4.68. The molecule has 1 unspecified atom stereocenters. The summed E-state index contributed by atoms with van der Waals surface area (Å²) in [6, 6.07) is 8.05. The number of urea groups is 1. The molecule has 2 amide bonds. The lowest BCUT2D eigenvalue weighted by Crippen LogP contribution is -2.44. The van der Waals surface area contributed by atoms with Gasteiger partial charge in [-0.25, -0.2) is 4.79 Å². The SMILES string of the molecule is Cn1cc(C(O)CNC(=O)NC2CCCCC2)c2ccccc21.